The van der Waals surface area contributed by atoms with Gasteiger partial charge in [0.15, 0.2) is 4.87 Å². The summed E-state index contributed by atoms with van der Waals surface area (Å²) in [5, 5.41) is 9.28. The van der Waals surface area contributed by atoms with Gasteiger partial charge in [0.1, 0.15) is 5.82 Å². The van der Waals surface area contributed by atoms with E-state index in [0.717, 1.165) is 22.5 Å². The van der Waals surface area contributed by atoms with E-state index in [0.29, 0.717) is 0 Å². The Hall–Kier alpha value is -1.15. The summed E-state index contributed by atoms with van der Waals surface area (Å²) >= 11 is 0.852. The molecule has 0 aliphatic carbocycles. The fraction of sp³-hybridized carbons (Fsp3) is 0.556. The van der Waals surface area contributed by atoms with Crippen molar-refractivity contribution in [3.8, 4) is 0 Å². The summed E-state index contributed by atoms with van der Waals surface area (Å²) in [6.45, 7) is -0.837. The molecule has 5 nitrogen and oxygen atoms in total. The van der Waals surface area contributed by atoms with Gasteiger partial charge in [-0.15, -0.1) is 11.8 Å². The van der Waals surface area contributed by atoms with Gasteiger partial charge < -0.3 is 10.8 Å². The van der Waals surface area contributed by atoms with Gasteiger partial charge in [-0.3, -0.25) is 4.57 Å². The molecule has 0 radical (unpaired) electrons. The lowest BCUT2D eigenvalue weighted by atomic mass is 10.1. The Balaban J connectivity index is 2.60. The number of aliphatic hydroxyl groups excluding tert-OH is 1. The molecule has 2 rings (SSSR count). The number of aliphatic hydroxyl groups is 1. The molecule has 1 atom stereocenters. The molecular weight excluding hydrogens is 252 g/mol. The van der Waals surface area contributed by atoms with E-state index >= 15 is 0 Å². The van der Waals surface area contributed by atoms with Crippen molar-refractivity contribution in [1.29, 1.82) is 0 Å². The number of nitrogen functional groups attached to an aromatic ring is 1. The van der Waals surface area contributed by atoms with Gasteiger partial charge in [-0.25, -0.2) is 13.6 Å². The van der Waals surface area contributed by atoms with Crippen molar-refractivity contribution in [2.75, 3.05) is 18.1 Å². The van der Waals surface area contributed by atoms with E-state index in [1.807, 2.05) is 0 Å². The van der Waals surface area contributed by atoms with E-state index in [4.69, 9.17) is 5.73 Å². The summed E-state index contributed by atoms with van der Waals surface area (Å²) < 4.78 is 28.4. The summed E-state index contributed by atoms with van der Waals surface area (Å²) in [6.07, 6.45) is 0.766. The molecule has 1 saturated heterocycles. The Kier molecular flexibility index (Phi) is 2.86. The molecule has 1 aliphatic rings. The monoisotopic (exact) mass is 263 g/mol. The molecule has 1 aliphatic heterocycles. The van der Waals surface area contributed by atoms with Crippen LogP contribution < -0.4 is 11.4 Å². The number of nitrogens with two attached hydrogens (primary N) is 1. The van der Waals surface area contributed by atoms with Gasteiger partial charge >= 0.3 is 5.69 Å². The van der Waals surface area contributed by atoms with Crippen LogP contribution in [0.3, 0.4) is 0 Å². The number of halogens is 2. The van der Waals surface area contributed by atoms with Gasteiger partial charge in [0, 0.05) is 18.4 Å². The standard InChI is InChI=1S/C9H11F2N3O2S/c10-8(11)2-4-17-9(8,5-15)14-3-1-6(12)13-7(14)16/h1,3,15H,2,4-5H2,(H2,12,13,16)/t9-/m1/s1. The van der Waals surface area contributed by atoms with E-state index in [9.17, 15) is 18.7 Å². The second-order valence-electron chi connectivity index (χ2n) is 3.75. The maximum Gasteiger partial charge on any atom is 0.350 e. The van der Waals surface area contributed by atoms with Crippen LogP contribution in [0.1, 0.15) is 6.42 Å². The topological polar surface area (TPSA) is 81.1 Å². The summed E-state index contributed by atoms with van der Waals surface area (Å²) in [7, 11) is 0. The lowest BCUT2D eigenvalue weighted by molar-refractivity contribution is -0.0816. The van der Waals surface area contributed by atoms with Crippen LogP contribution in [0, 0.1) is 0 Å². The number of thioether (sulfide) groups is 1. The van der Waals surface area contributed by atoms with Gasteiger partial charge in [0.2, 0.25) is 0 Å². The van der Waals surface area contributed by atoms with Gasteiger partial charge in [0.25, 0.3) is 5.92 Å². The second kappa shape index (κ2) is 3.95. The number of alkyl halides is 2. The highest BCUT2D eigenvalue weighted by Crippen LogP contribution is 2.52. The third-order valence-corrected chi connectivity index (χ3v) is 4.27. The number of hydrogen-bond donors (Lipinski definition) is 2. The lowest BCUT2D eigenvalue weighted by Crippen LogP contribution is -2.51. The maximum absolute atomic E-state index is 13.8. The minimum absolute atomic E-state index is 0.0364. The van der Waals surface area contributed by atoms with E-state index < -0.39 is 23.1 Å². The zero-order valence-electron chi connectivity index (χ0n) is 8.77. The molecule has 0 bridgehead atoms. The van der Waals surface area contributed by atoms with Crippen LogP contribution >= 0.6 is 11.8 Å². The SMILES string of the molecule is Nc1ccn([C@]2(CO)SCCC2(F)F)c(=O)n1. The summed E-state index contributed by atoms with van der Waals surface area (Å²) in [5.41, 5.74) is 4.42. The van der Waals surface area contributed by atoms with E-state index in [1.165, 1.54) is 6.07 Å². The first-order valence-electron chi connectivity index (χ1n) is 4.91. The number of nitrogens with zero attached hydrogens (tertiary/aromatic N) is 2. The minimum atomic E-state index is -3.16. The van der Waals surface area contributed by atoms with Crippen LogP contribution in [0.25, 0.3) is 0 Å². The van der Waals surface area contributed by atoms with Gasteiger partial charge in [-0.05, 0) is 6.07 Å². The minimum Gasteiger partial charge on any atom is -0.393 e. The summed E-state index contributed by atoms with van der Waals surface area (Å²) in [4.78, 5) is 13.0. The van der Waals surface area contributed by atoms with Gasteiger partial charge in [-0.2, -0.15) is 4.98 Å². The largest absolute Gasteiger partial charge is 0.393 e. The zero-order chi connectivity index (χ0) is 12.7. The van der Waals surface area contributed by atoms with Crippen molar-refractivity contribution in [3.63, 3.8) is 0 Å². The Morgan fingerprint density at radius 2 is 2.35 bits per heavy atom. The van der Waals surface area contributed by atoms with Crippen LogP contribution in [0.15, 0.2) is 17.1 Å². The van der Waals surface area contributed by atoms with Crippen molar-refractivity contribution in [1.82, 2.24) is 9.55 Å². The molecular formula is C9H11F2N3O2S. The zero-order valence-corrected chi connectivity index (χ0v) is 9.58. The molecule has 0 amide bonds. The van der Waals surface area contributed by atoms with Gasteiger partial charge in [-0.1, -0.05) is 0 Å². The smallest absolute Gasteiger partial charge is 0.350 e. The number of rotatable bonds is 2. The highest BCUT2D eigenvalue weighted by Gasteiger charge is 2.59. The van der Waals surface area contributed by atoms with Crippen molar-refractivity contribution in [3.05, 3.63) is 22.7 Å². The second-order valence-corrected chi connectivity index (χ2v) is 5.12. The molecule has 1 aromatic heterocycles. The molecule has 94 valence electrons. The molecule has 1 fully saturated rings. The van der Waals surface area contributed by atoms with Crippen molar-refractivity contribution in [2.45, 2.75) is 17.2 Å². The first-order chi connectivity index (χ1) is 7.93. The molecule has 1 aromatic rings. The Bertz CT molecular complexity index is 493. The first-order valence-corrected chi connectivity index (χ1v) is 5.90. The maximum atomic E-state index is 13.8. The van der Waals surface area contributed by atoms with E-state index in [1.54, 1.807) is 0 Å². The number of hydrogen-bond acceptors (Lipinski definition) is 5. The van der Waals surface area contributed by atoms with Crippen LogP contribution in [-0.4, -0.2) is 32.9 Å². The first kappa shape index (κ1) is 12.3. The number of anilines is 1. The molecule has 3 N–H and O–H groups in total. The van der Waals surface area contributed by atoms with Crippen molar-refractivity contribution < 1.29 is 13.9 Å². The van der Waals surface area contributed by atoms with E-state index in [-0.39, 0.29) is 18.0 Å². The molecule has 0 spiro atoms. The Labute approximate surface area is 99.6 Å². The van der Waals surface area contributed by atoms with Crippen LogP contribution in [0.4, 0.5) is 14.6 Å². The lowest BCUT2D eigenvalue weighted by Gasteiger charge is -2.33. The fourth-order valence-electron chi connectivity index (χ4n) is 1.82. The van der Waals surface area contributed by atoms with Crippen LogP contribution in [-0.2, 0) is 4.87 Å². The Morgan fingerprint density at radius 3 is 2.82 bits per heavy atom. The number of aromatic nitrogens is 2. The predicted octanol–water partition coefficient (Wildman–Crippen LogP) is 0.243. The quantitative estimate of drug-likeness (QED) is 0.799. The predicted molar refractivity (Wildman–Crippen MR) is 60.0 cm³/mol. The van der Waals surface area contributed by atoms with Crippen LogP contribution in [0.2, 0.25) is 0 Å². The Morgan fingerprint density at radius 1 is 1.65 bits per heavy atom. The molecule has 2 heterocycles. The fourth-order valence-corrected chi connectivity index (χ4v) is 3.20. The molecule has 17 heavy (non-hydrogen) atoms. The molecule has 8 heteroatoms. The third-order valence-electron chi connectivity index (χ3n) is 2.76. The molecule has 0 aromatic carbocycles. The third kappa shape index (κ3) is 1.71. The average Bonchev–Trinajstić information content (AvgIpc) is 2.54. The van der Waals surface area contributed by atoms with Crippen LogP contribution in [0.5, 0.6) is 0 Å². The summed E-state index contributed by atoms with van der Waals surface area (Å²) in [5.74, 6) is -3.02. The van der Waals surface area contributed by atoms with Crippen molar-refractivity contribution >= 4 is 17.6 Å². The summed E-state index contributed by atoms with van der Waals surface area (Å²) in [6, 6.07) is 1.26. The average molecular weight is 263 g/mol. The highest BCUT2D eigenvalue weighted by molar-refractivity contribution is 8.00. The van der Waals surface area contributed by atoms with Crippen molar-refractivity contribution in [2.24, 2.45) is 0 Å². The highest BCUT2D eigenvalue weighted by atomic mass is 32.2. The normalized spacial score (nSPS) is 27.2. The molecule has 0 unspecified atom stereocenters. The van der Waals surface area contributed by atoms with Gasteiger partial charge in [0.05, 0.1) is 6.61 Å². The van der Waals surface area contributed by atoms with E-state index in [2.05, 4.69) is 4.98 Å². The molecule has 0 saturated carbocycles.